The van der Waals surface area contributed by atoms with Crippen LogP contribution in [0, 0.1) is 13.8 Å². The van der Waals surface area contributed by atoms with Crippen LogP contribution in [0.3, 0.4) is 0 Å². The number of hydrogen-bond acceptors (Lipinski definition) is 6. The van der Waals surface area contributed by atoms with Crippen molar-refractivity contribution in [1.29, 1.82) is 0 Å². The monoisotopic (exact) mass is 501 g/mol. The molecule has 0 N–H and O–H groups in total. The van der Waals surface area contributed by atoms with Gasteiger partial charge in [-0.3, -0.25) is 4.79 Å². The minimum atomic E-state index is -0.221. The van der Waals surface area contributed by atoms with Crippen LogP contribution in [0.2, 0.25) is 0 Å². The number of hydrazine groups is 1. The number of aryl methyl sites for hydroxylation is 2. The Bertz CT molecular complexity index is 1210. The zero-order valence-corrected chi connectivity index (χ0v) is 22.1. The van der Waals surface area contributed by atoms with Gasteiger partial charge in [0.1, 0.15) is 6.61 Å². The van der Waals surface area contributed by atoms with E-state index in [1.165, 1.54) is 22.9 Å². The summed E-state index contributed by atoms with van der Waals surface area (Å²) in [5.74, 6) is 1.24. The zero-order chi connectivity index (χ0) is 26.4. The van der Waals surface area contributed by atoms with Gasteiger partial charge in [0.15, 0.2) is 11.5 Å². The van der Waals surface area contributed by atoms with Crippen LogP contribution < -0.4 is 24.1 Å². The maximum Gasteiger partial charge on any atom is 0.264 e. The number of carbonyl (C=O) groups excluding carboxylic acids is 1. The van der Waals surface area contributed by atoms with Gasteiger partial charge in [0.05, 0.1) is 19.9 Å². The van der Waals surface area contributed by atoms with Crippen LogP contribution in [-0.2, 0) is 11.4 Å². The fraction of sp³-hybridized carbons (Fsp3) is 0.300. The molecule has 7 nitrogen and oxygen atoms in total. The highest BCUT2D eigenvalue weighted by Gasteiger charge is 2.28. The van der Waals surface area contributed by atoms with E-state index in [0.29, 0.717) is 42.6 Å². The number of benzene rings is 3. The summed E-state index contributed by atoms with van der Waals surface area (Å²) in [4.78, 5) is 15.4. The predicted octanol–water partition coefficient (Wildman–Crippen LogP) is 5.16. The van der Waals surface area contributed by atoms with Crippen LogP contribution in [0.25, 0.3) is 0 Å². The van der Waals surface area contributed by atoms with Gasteiger partial charge in [-0.1, -0.05) is 43.0 Å². The molecule has 194 valence electrons. The molecular weight excluding hydrogens is 466 g/mol. The molecule has 0 saturated carbocycles. The van der Waals surface area contributed by atoms with Crippen molar-refractivity contribution in [2.24, 2.45) is 0 Å². The Morgan fingerprint density at radius 2 is 1.57 bits per heavy atom. The van der Waals surface area contributed by atoms with Crippen molar-refractivity contribution in [3.63, 3.8) is 0 Å². The minimum absolute atomic E-state index is 0.221. The molecule has 3 aromatic carbocycles. The summed E-state index contributed by atoms with van der Waals surface area (Å²) in [5, 5.41) is 3.69. The van der Waals surface area contributed by atoms with E-state index in [1.54, 1.807) is 31.4 Å². The Labute approximate surface area is 219 Å². The second-order valence-electron chi connectivity index (χ2n) is 9.02. The van der Waals surface area contributed by atoms with Crippen molar-refractivity contribution >= 4 is 17.3 Å². The van der Waals surface area contributed by atoms with Crippen LogP contribution in [0.4, 0.5) is 11.4 Å². The van der Waals surface area contributed by atoms with E-state index in [9.17, 15) is 4.79 Å². The van der Waals surface area contributed by atoms with Gasteiger partial charge in [0, 0.05) is 44.0 Å². The number of anilines is 2. The molecule has 3 aromatic rings. The van der Waals surface area contributed by atoms with E-state index in [-0.39, 0.29) is 5.91 Å². The second-order valence-corrected chi connectivity index (χ2v) is 9.02. The molecule has 1 aliphatic rings. The van der Waals surface area contributed by atoms with Gasteiger partial charge in [-0.05, 0) is 48.7 Å². The topological polar surface area (TPSA) is 54.5 Å². The molecule has 4 rings (SSSR count). The molecule has 0 atom stereocenters. The average molecular weight is 502 g/mol. The number of methoxy groups -OCH3 is 2. The van der Waals surface area contributed by atoms with Crippen molar-refractivity contribution < 1.29 is 19.0 Å². The lowest BCUT2D eigenvalue weighted by Crippen LogP contribution is -2.55. The fourth-order valence-electron chi connectivity index (χ4n) is 4.45. The molecule has 0 radical (unpaired) electrons. The molecule has 1 amide bonds. The molecule has 0 spiro atoms. The third kappa shape index (κ3) is 5.89. The Kier molecular flexibility index (Phi) is 8.36. The zero-order valence-electron chi connectivity index (χ0n) is 22.1. The van der Waals surface area contributed by atoms with E-state index in [4.69, 9.17) is 14.2 Å². The SMILES string of the molecule is C=CC(=O)N(c1cc(OC)c(OCc2ccccc2)c(OC)c1)N1CCN(c2ccc(C)c(C)c2)CC1. The predicted molar refractivity (Wildman–Crippen MR) is 148 cm³/mol. The lowest BCUT2D eigenvalue weighted by atomic mass is 10.1. The molecule has 7 heteroatoms. The lowest BCUT2D eigenvalue weighted by molar-refractivity contribution is -0.117. The number of hydrogen-bond donors (Lipinski definition) is 0. The van der Waals surface area contributed by atoms with E-state index in [0.717, 1.165) is 18.7 Å². The summed E-state index contributed by atoms with van der Waals surface area (Å²) in [6, 6.07) is 20.0. The highest BCUT2D eigenvalue weighted by molar-refractivity contribution is 6.00. The molecule has 0 aromatic heterocycles. The summed E-state index contributed by atoms with van der Waals surface area (Å²) in [7, 11) is 3.16. The smallest absolute Gasteiger partial charge is 0.264 e. The average Bonchev–Trinajstić information content (AvgIpc) is 2.94. The quantitative estimate of drug-likeness (QED) is 0.378. The molecule has 0 bridgehead atoms. The van der Waals surface area contributed by atoms with Gasteiger partial charge in [-0.2, -0.15) is 0 Å². The molecular formula is C30H35N3O4. The van der Waals surface area contributed by atoms with E-state index < -0.39 is 0 Å². The van der Waals surface area contributed by atoms with Gasteiger partial charge in [-0.25, -0.2) is 10.0 Å². The molecule has 1 aliphatic heterocycles. The van der Waals surface area contributed by atoms with Gasteiger partial charge in [0.25, 0.3) is 5.91 Å². The summed E-state index contributed by atoms with van der Waals surface area (Å²) in [6.45, 7) is 11.3. The van der Waals surface area contributed by atoms with Crippen molar-refractivity contribution in [2.75, 3.05) is 50.3 Å². The van der Waals surface area contributed by atoms with E-state index in [1.807, 2.05) is 35.3 Å². The summed E-state index contributed by atoms with van der Waals surface area (Å²) < 4.78 is 17.4. The highest BCUT2D eigenvalue weighted by Crippen LogP contribution is 2.42. The van der Waals surface area contributed by atoms with Crippen LogP contribution in [0.15, 0.2) is 73.3 Å². The first-order valence-corrected chi connectivity index (χ1v) is 12.4. The van der Waals surface area contributed by atoms with Gasteiger partial charge < -0.3 is 19.1 Å². The Morgan fingerprint density at radius 3 is 2.14 bits per heavy atom. The van der Waals surface area contributed by atoms with Crippen LogP contribution >= 0.6 is 0 Å². The van der Waals surface area contributed by atoms with Crippen molar-refractivity contribution in [3.05, 3.63) is 90.0 Å². The standard InChI is InChI=1S/C30H35N3O4/c1-6-29(34)33(32-16-14-31(15-17-32)25-13-12-22(2)23(3)18-25)26-19-27(35-4)30(28(20-26)36-5)37-21-24-10-8-7-9-11-24/h6-13,18-20H,1,14-17,21H2,2-5H3. The third-order valence-corrected chi connectivity index (χ3v) is 6.69. The highest BCUT2D eigenvalue weighted by atomic mass is 16.5. The fourth-order valence-corrected chi connectivity index (χ4v) is 4.45. The molecule has 37 heavy (non-hydrogen) atoms. The van der Waals surface area contributed by atoms with Crippen LogP contribution in [-0.4, -0.2) is 51.3 Å². The van der Waals surface area contributed by atoms with Gasteiger partial charge in [0.2, 0.25) is 5.75 Å². The number of carbonyl (C=O) groups is 1. The number of nitrogens with zero attached hydrogens (tertiary/aromatic N) is 3. The number of ether oxygens (including phenoxy) is 3. The summed E-state index contributed by atoms with van der Waals surface area (Å²) in [5.41, 5.74) is 5.42. The molecule has 1 heterocycles. The number of piperazine rings is 1. The maximum absolute atomic E-state index is 13.1. The first-order chi connectivity index (χ1) is 17.9. The Balaban J connectivity index is 1.57. The Morgan fingerprint density at radius 1 is 0.919 bits per heavy atom. The maximum atomic E-state index is 13.1. The number of rotatable bonds is 9. The molecule has 1 fully saturated rings. The molecule has 0 unspecified atom stereocenters. The second kappa shape index (κ2) is 11.8. The first kappa shape index (κ1) is 26.1. The first-order valence-electron chi connectivity index (χ1n) is 12.4. The van der Waals surface area contributed by atoms with E-state index >= 15 is 0 Å². The minimum Gasteiger partial charge on any atom is -0.493 e. The largest absolute Gasteiger partial charge is 0.493 e. The van der Waals surface area contributed by atoms with Gasteiger partial charge >= 0.3 is 0 Å². The number of amides is 1. The molecule has 0 aliphatic carbocycles. The third-order valence-electron chi connectivity index (χ3n) is 6.69. The van der Waals surface area contributed by atoms with Crippen LogP contribution in [0.5, 0.6) is 17.2 Å². The van der Waals surface area contributed by atoms with Crippen molar-refractivity contribution in [3.8, 4) is 17.2 Å². The summed E-state index contributed by atoms with van der Waals surface area (Å²) >= 11 is 0. The van der Waals surface area contributed by atoms with Gasteiger partial charge in [-0.15, -0.1) is 0 Å². The van der Waals surface area contributed by atoms with Crippen molar-refractivity contribution in [2.45, 2.75) is 20.5 Å². The normalized spacial score (nSPS) is 13.7. The van der Waals surface area contributed by atoms with E-state index in [2.05, 4.69) is 43.5 Å². The van der Waals surface area contributed by atoms with Crippen molar-refractivity contribution in [1.82, 2.24) is 5.01 Å². The summed E-state index contributed by atoms with van der Waals surface area (Å²) in [6.07, 6.45) is 1.33. The Hall–Kier alpha value is -3.97. The lowest BCUT2D eigenvalue weighted by Gasteiger charge is -2.41. The van der Waals surface area contributed by atoms with Crippen LogP contribution in [0.1, 0.15) is 16.7 Å². The molecule has 1 saturated heterocycles.